The predicted molar refractivity (Wildman–Crippen MR) is 100 cm³/mol. The molecule has 0 radical (unpaired) electrons. The van der Waals surface area contributed by atoms with Crippen LogP contribution in [0.4, 0.5) is 13.2 Å². The summed E-state index contributed by atoms with van der Waals surface area (Å²) in [5.74, 6) is -0.959. The van der Waals surface area contributed by atoms with E-state index in [9.17, 15) is 23.3 Å². The number of nitro groups is 1. The highest BCUT2D eigenvalue weighted by Gasteiger charge is 2.61. The van der Waals surface area contributed by atoms with Crippen molar-refractivity contribution >= 4 is 0 Å². The number of alkyl halides is 3. The topological polar surface area (TPSA) is 74.1 Å². The van der Waals surface area contributed by atoms with Crippen LogP contribution in [0.25, 0.3) is 0 Å². The number of nitrogens with zero attached hydrogens (tertiary/aromatic N) is 2. The van der Waals surface area contributed by atoms with Gasteiger partial charge in [-0.25, -0.2) is 0 Å². The largest absolute Gasteiger partial charge is 0.497 e. The lowest BCUT2D eigenvalue weighted by molar-refractivity contribution is -0.550. The summed E-state index contributed by atoms with van der Waals surface area (Å²) in [6.45, 7) is 2.27. The van der Waals surface area contributed by atoms with Gasteiger partial charge in [-0.15, -0.1) is 0 Å². The molecule has 4 atom stereocenters. The minimum atomic E-state index is -4.87. The van der Waals surface area contributed by atoms with Crippen LogP contribution in [-0.4, -0.2) is 61.6 Å². The molecule has 0 aromatic heterocycles. The Balaban J connectivity index is 1.81. The van der Waals surface area contributed by atoms with Crippen LogP contribution < -0.4 is 9.47 Å². The number of allylic oxidation sites excluding steroid dienone is 2. The summed E-state index contributed by atoms with van der Waals surface area (Å²) in [7, 11) is 1.44. The zero-order valence-electron chi connectivity index (χ0n) is 16.4. The van der Waals surface area contributed by atoms with E-state index >= 15 is 0 Å². The average molecular weight is 428 g/mol. The fourth-order valence-corrected chi connectivity index (χ4v) is 4.82. The molecule has 0 saturated carbocycles. The normalized spacial score (nSPS) is 29.1. The molecule has 0 unspecified atom stereocenters. The molecule has 1 aromatic rings. The summed E-state index contributed by atoms with van der Waals surface area (Å²) in [6, 6.07) is 2.53. The number of benzene rings is 1. The zero-order valence-corrected chi connectivity index (χ0v) is 16.4. The lowest BCUT2D eigenvalue weighted by Crippen LogP contribution is -2.55. The van der Waals surface area contributed by atoms with Crippen LogP contribution in [0.5, 0.6) is 11.5 Å². The summed E-state index contributed by atoms with van der Waals surface area (Å²) < 4.78 is 57.2. The molecule has 10 heteroatoms. The highest BCUT2D eigenvalue weighted by atomic mass is 19.4. The molecule has 1 fully saturated rings. The van der Waals surface area contributed by atoms with E-state index in [4.69, 9.17) is 14.2 Å². The van der Waals surface area contributed by atoms with E-state index in [-0.39, 0.29) is 5.75 Å². The van der Waals surface area contributed by atoms with Crippen LogP contribution in [0.15, 0.2) is 30.0 Å². The Morgan fingerprint density at radius 2 is 2.00 bits per heavy atom. The van der Waals surface area contributed by atoms with Crippen LogP contribution in [0.2, 0.25) is 0 Å². The molecule has 7 nitrogen and oxygen atoms in total. The van der Waals surface area contributed by atoms with Gasteiger partial charge in [-0.3, -0.25) is 10.1 Å². The summed E-state index contributed by atoms with van der Waals surface area (Å²) >= 11 is 0. The molecule has 1 saturated heterocycles. The van der Waals surface area contributed by atoms with Crippen molar-refractivity contribution in [1.82, 2.24) is 4.90 Å². The maximum absolute atomic E-state index is 13.8. The monoisotopic (exact) mass is 428 g/mol. The zero-order chi connectivity index (χ0) is 21.5. The first-order valence-corrected chi connectivity index (χ1v) is 9.89. The van der Waals surface area contributed by atoms with Crippen molar-refractivity contribution in [2.75, 3.05) is 33.4 Å². The first-order valence-electron chi connectivity index (χ1n) is 9.89. The molecule has 164 valence electrons. The summed E-state index contributed by atoms with van der Waals surface area (Å²) in [5, 5.41) is 12.0. The summed E-state index contributed by atoms with van der Waals surface area (Å²) in [5.41, 5.74) is 1.26. The van der Waals surface area contributed by atoms with Crippen LogP contribution in [-0.2, 0) is 4.74 Å². The highest BCUT2D eigenvalue weighted by molar-refractivity contribution is 5.46. The van der Waals surface area contributed by atoms with Gasteiger partial charge in [0.15, 0.2) is 0 Å². The van der Waals surface area contributed by atoms with E-state index in [1.54, 1.807) is 6.07 Å². The summed E-state index contributed by atoms with van der Waals surface area (Å²) in [4.78, 5) is 13.2. The molecule has 0 N–H and O–H groups in total. The van der Waals surface area contributed by atoms with Crippen LogP contribution >= 0.6 is 0 Å². The second-order valence-corrected chi connectivity index (χ2v) is 7.70. The van der Waals surface area contributed by atoms with Crippen molar-refractivity contribution in [3.05, 3.63) is 45.6 Å². The number of ether oxygens (including phenoxy) is 3. The third kappa shape index (κ3) is 3.68. The number of morpholine rings is 1. The standard InChI is InChI=1S/C20H23F3N2O5/c1-28-12-5-6-16-14(11-12)17(18(25(26)27)19(30-16)20(21,22)23)13-3-2-4-15(13)24-7-9-29-10-8-24/h4-6,11,13,17-19H,2-3,7-10H2,1H3/t13-,17-,18+,19+/m0/s1. The Kier molecular flexibility index (Phi) is 5.52. The number of hydrogen-bond donors (Lipinski definition) is 0. The molecule has 3 aliphatic rings. The molecule has 2 aliphatic heterocycles. The van der Waals surface area contributed by atoms with Gasteiger partial charge in [-0.1, -0.05) is 6.08 Å². The Morgan fingerprint density at radius 3 is 2.63 bits per heavy atom. The molecule has 0 spiro atoms. The molecular weight excluding hydrogens is 405 g/mol. The van der Waals surface area contributed by atoms with Gasteiger partial charge in [-0.05, 0) is 31.0 Å². The fraction of sp³-hybridized carbons (Fsp3) is 0.600. The van der Waals surface area contributed by atoms with Crippen LogP contribution in [0.1, 0.15) is 24.3 Å². The average Bonchev–Trinajstić information content (AvgIpc) is 3.21. The van der Waals surface area contributed by atoms with Gasteiger partial charge < -0.3 is 19.1 Å². The number of rotatable bonds is 4. The summed E-state index contributed by atoms with van der Waals surface area (Å²) in [6.07, 6.45) is -4.18. The van der Waals surface area contributed by atoms with Crippen molar-refractivity contribution in [3.8, 4) is 11.5 Å². The van der Waals surface area contributed by atoms with Crippen molar-refractivity contribution in [2.45, 2.75) is 37.1 Å². The van der Waals surface area contributed by atoms with E-state index in [1.165, 1.54) is 19.2 Å². The van der Waals surface area contributed by atoms with Crippen LogP contribution in [0.3, 0.4) is 0 Å². The second-order valence-electron chi connectivity index (χ2n) is 7.70. The fourth-order valence-electron chi connectivity index (χ4n) is 4.82. The smallest absolute Gasteiger partial charge is 0.432 e. The van der Waals surface area contributed by atoms with E-state index < -0.39 is 35.1 Å². The van der Waals surface area contributed by atoms with Gasteiger partial charge >= 0.3 is 6.18 Å². The molecule has 0 amide bonds. The number of hydrogen-bond acceptors (Lipinski definition) is 6. The highest BCUT2D eigenvalue weighted by Crippen LogP contribution is 2.51. The number of fused-ring (bicyclic) bond motifs is 1. The van der Waals surface area contributed by atoms with Crippen LogP contribution in [0, 0.1) is 16.0 Å². The van der Waals surface area contributed by atoms with Crippen molar-refractivity contribution in [3.63, 3.8) is 0 Å². The van der Waals surface area contributed by atoms with Gasteiger partial charge in [0.1, 0.15) is 11.5 Å². The van der Waals surface area contributed by atoms with Crippen molar-refractivity contribution in [1.29, 1.82) is 0 Å². The number of halogens is 3. The molecular formula is C20H23F3N2O5. The molecule has 2 heterocycles. The van der Waals surface area contributed by atoms with Gasteiger partial charge in [0.05, 0.1) is 26.2 Å². The Bertz CT molecular complexity index is 838. The second kappa shape index (κ2) is 7.98. The first-order chi connectivity index (χ1) is 14.3. The molecule has 30 heavy (non-hydrogen) atoms. The molecule has 0 bridgehead atoms. The van der Waals surface area contributed by atoms with E-state index in [0.29, 0.717) is 50.5 Å². The third-order valence-corrected chi connectivity index (χ3v) is 6.09. The van der Waals surface area contributed by atoms with Gasteiger partial charge in [-0.2, -0.15) is 13.2 Å². The SMILES string of the molecule is COc1ccc2c(c1)[C@H]([C@H]1CCC=C1N1CCOCC1)[C@@H]([N+](=O)[O-])[C@H](C(F)(F)F)O2. The molecule has 4 rings (SSSR count). The minimum absolute atomic E-state index is 0.0226. The van der Waals surface area contributed by atoms with Crippen molar-refractivity contribution < 1.29 is 32.3 Å². The quantitative estimate of drug-likeness (QED) is 0.541. The third-order valence-electron chi connectivity index (χ3n) is 6.09. The lowest BCUT2D eigenvalue weighted by atomic mass is 9.74. The maximum Gasteiger partial charge on any atom is 0.432 e. The lowest BCUT2D eigenvalue weighted by Gasteiger charge is -2.41. The van der Waals surface area contributed by atoms with E-state index in [2.05, 4.69) is 4.90 Å². The van der Waals surface area contributed by atoms with E-state index in [0.717, 1.165) is 5.70 Å². The molecule has 1 aliphatic carbocycles. The van der Waals surface area contributed by atoms with Crippen molar-refractivity contribution in [2.24, 2.45) is 5.92 Å². The Labute approximate surface area is 171 Å². The first kappa shape index (κ1) is 20.8. The van der Waals surface area contributed by atoms with E-state index in [1.807, 2.05) is 6.08 Å². The predicted octanol–water partition coefficient (Wildman–Crippen LogP) is 3.37. The number of methoxy groups -OCH3 is 1. The Morgan fingerprint density at radius 1 is 1.27 bits per heavy atom. The molecule has 1 aromatic carbocycles. The Hall–Kier alpha value is -2.49. The van der Waals surface area contributed by atoms with Gasteiger partial charge in [0, 0.05) is 35.2 Å². The van der Waals surface area contributed by atoms with Gasteiger partial charge in [0.25, 0.3) is 12.1 Å². The maximum atomic E-state index is 13.8. The minimum Gasteiger partial charge on any atom is -0.497 e. The van der Waals surface area contributed by atoms with Gasteiger partial charge in [0.2, 0.25) is 0 Å².